The Morgan fingerprint density at radius 3 is 2.77 bits per heavy atom. The van der Waals surface area contributed by atoms with Gasteiger partial charge in [0.05, 0.1) is 12.0 Å². The van der Waals surface area contributed by atoms with Crippen LogP contribution in [0.15, 0.2) is 31.0 Å². The van der Waals surface area contributed by atoms with Gasteiger partial charge in [-0.15, -0.1) is 0 Å². The number of rotatable bonds is 4. The van der Waals surface area contributed by atoms with Gasteiger partial charge in [0.25, 0.3) is 0 Å². The van der Waals surface area contributed by atoms with E-state index in [9.17, 15) is 4.39 Å². The van der Waals surface area contributed by atoms with Gasteiger partial charge in [0.2, 0.25) is 0 Å². The Morgan fingerprint density at radius 2 is 2.00 bits per heavy atom. The Hall–Kier alpha value is -2.61. The van der Waals surface area contributed by atoms with E-state index in [-0.39, 0.29) is 5.82 Å². The molecule has 0 N–H and O–H groups in total. The molecule has 0 saturated carbocycles. The summed E-state index contributed by atoms with van der Waals surface area (Å²) in [5.74, 6) is 0.693. The number of pyridine rings is 1. The van der Waals surface area contributed by atoms with Crippen molar-refractivity contribution in [2.75, 3.05) is 18.0 Å². The van der Waals surface area contributed by atoms with Crippen LogP contribution in [0.5, 0.6) is 0 Å². The Balaban J connectivity index is 1.37. The lowest BCUT2D eigenvalue weighted by Crippen LogP contribution is -2.69. The summed E-state index contributed by atoms with van der Waals surface area (Å²) in [5.41, 5.74) is 2.27. The maximum Gasteiger partial charge on any atom is 0.165 e. The lowest BCUT2D eigenvalue weighted by molar-refractivity contribution is 0.106. The lowest BCUT2D eigenvalue weighted by atomic mass is 9.87. The second-order valence-electron chi connectivity index (χ2n) is 6.98. The molecule has 2 bridgehead atoms. The van der Waals surface area contributed by atoms with E-state index in [1.165, 1.54) is 6.07 Å². The van der Waals surface area contributed by atoms with Crippen LogP contribution in [-0.2, 0) is 13.1 Å². The molecule has 3 aromatic heterocycles. The van der Waals surface area contributed by atoms with Crippen LogP contribution in [0, 0.1) is 5.82 Å². The molecular formula is C18H20FN7. The predicted molar refractivity (Wildman–Crippen MR) is 95.1 cm³/mol. The van der Waals surface area contributed by atoms with E-state index in [0.29, 0.717) is 24.3 Å². The summed E-state index contributed by atoms with van der Waals surface area (Å²) in [5, 5.41) is 0. The maximum absolute atomic E-state index is 13.9. The summed E-state index contributed by atoms with van der Waals surface area (Å²) >= 11 is 0. The molecule has 0 amide bonds. The number of hydrogen-bond acceptors (Lipinski definition) is 6. The lowest BCUT2D eigenvalue weighted by Gasteiger charge is -2.56. The highest BCUT2D eigenvalue weighted by Crippen LogP contribution is 2.38. The number of hydrogen-bond donors (Lipinski definition) is 0. The van der Waals surface area contributed by atoms with E-state index < -0.39 is 0 Å². The van der Waals surface area contributed by atoms with Crippen molar-refractivity contribution in [3.05, 3.63) is 42.5 Å². The second kappa shape index (κ2) is 5.98. The number of fused-ring (bicyclic) bond motifs is 3. The van der Waals surface area contributed by atoms with Gasteiger partial charge in [-0.2, -0.15) is 0 Å². The number of piperidine rings is 1. The van der Waals surface area contributed by atoms with E-state index in [1.807, 2.05) is 10.9 Å². The molecule has 3 aliphatic rings. The Labute approximate surface area is 150 Å². The molecule has 26 heavy (non-hydrogen) atoms. The largest absolute Gasteiger partial charge is 0.346 e. The number of imidazole rings is 1. The third kappa shape index (κ3) is 2.36. The van der Waals surface area contributed by atoms with Gasteiger partial charge in [-0.3, -0.25) is 9.88 Å². The average Bonchev–Trinajstić information content (AvgIpc) is 3.08. The van der Waals surface area contributed by atoms with Crippen molar-refractivity contribution in [3.8, 4) is 0 Å². The van der Waals surface area contributed by atoms with Crippen LogP contribution in [0.25, 0.3) is 11.2 Å². The third-order valence-electron chi connectivity index (χ3n) is 5.44. The molecule has 3 aromatic rings. The Bertz CT molecular complexity index is 944. The quantitative estimate of drug-likeness (QED) is 0.713. The number of halogens is 1. The first kappa shape index (κ1) is 15.6. The van der Waals surface area contributed by atoms with E-state index in [1.54, 1.807) is 18.6 Å². The molecule has 0 spiro atoms. The monoisotopic (exact) mass is 353 g/mol. The van der Waals surface area contributed by atoms with Gasteiger partial charge < -0.3 is 9.47 Å². The standard InChI is InChI=1S/C18H20FN7/c1-2-25-11-23-16-17(25)21-10-22-18(16)26-12-6-13(26)8-24(7-12)9-15-14(19)4-3-5-20-15/h3-5,10-13H,2,6-9H2,1H3. The fourth-order valence-electron chi connectivity index (χ4n) is 4.21. The van der Waals surface area contributed by atoms with Crippen LogP contribution in [0.2, 0.25) is 0 Å². The van der Waals surface area contributed by atoms with E-state index in [4.69, 9.17) is 0 Å². The Morgan fingerprint density at radius 1 is 1.15 bits per heavy atom. The molecule has 0 aliphatic carbocycles. The minimum Gasteiger partial charge on any atom is -0.346 e. The van der Waals surface area contributed by atoms with Crippen LogP contribution >= 0.6 is 0 Å². The number of nitrogens with zero attached hydrogens (tertiary/aromatic N) is 7. The van der Waals surface area contributed by atoms with Crippen LogP contribution in [0.4, 0.5) is 10.2 Å². The number of anilines is 1. The minimum absolute atomic E-state index is 0.230. The molecule has 8 heteroatoms. The average molecular weight is 353 g/mol. The number of aromatic nitrogens is 5. The molecule has 3 saturated heterocycles. The van der Waals surface area contributed by atoms with Crippen LogP contribution in [-0.4, -0.2) is 54.6 Å². The van der Waals surface area contributed by atoms with Crippen molar-refractivity contribution in [2.24, 2.45) is 0 Å². The molecule has 6 heterocycles. The van der Waals surface area contributed by atoms with Gasteiger partial charge >= 0.3 is 0 Å². The zero-order valence-electron chi connectivity index (χ0n) is 14.6. The molecule has 0 aromatic carbocycles. The maximum atomic E-state index is 13.9. The topological polar surface area (TPSA) is 63.0 Å². The highest BCUT2D eigenvalue weighted by Gasteiger charge is 2.46. The zero-order chi connectivity index (χ0) is 17.7. The smallest absolute Gasteiger partial charge is 0.165 e. The molecule has 7 nitrogen and oxygen atoms in total. The summed E-state index contributed by atoms with van der Waals surface area (Å²) in [6, 6.07) is 3.86. The molecule has 6 rings (SSSR count). The van der Waals surface area contributed by atoms with Crippen LogP contribution in [0.1, 0.15) is 19.0 Å². The normalized spacial score (nSPS) is 22.6. The molecular weight excluding hydrogens is 333 g/mol. The summed E-state index contributed by atoms with van der Waals surface area (Å²) in [7, 11) is 0. The molecule has 3 aliphatic heterocycles. The fourth-order valence-corrected chi connectivity index (χ4v) is 4.21. The summed E-state index contributed by atoms with van der Waals surface area (Å²) in [6.45, 7) is 5.23. The van der Waals surface area contributed by atoms with E-state index in [2.05, 4.69) is 36.7 Å². The first-order valence-corrected chi connectivity index (χ1v) is 9.00. The van der Waals surface area contributed by atoms with Gasteiger partial charge in [-0.25, -0.2) is 19.3 Å². The van der Waals surface area contributed by atoms with E-state index in [0.717, 1.165) is 43.0 Å². The van der Waals surface area contributed by atoms with Crippen molar-refractivity contribution >= 4 is 17.0 Å². The van der Waals surface area contributed by atoms with Crippen LogP contribution in [0.3, 0.4) is 0 Å². The second-order valence-corrected chi connectivity index (χ2v) is 6.98. The van der Waals surface area contributed by atoms with Crippen molar-refractivity contribution in [2.45, 2.75) is 38.5 Å². The fraction of sp³-hybridized carbons (Fsp3) is 0.444. The zero-order valence-corrected chi connectivity index (χ0v) is 14.6. The molecule has 2 unspecified atom stereocenters. The first-order valence-electron chi connectivity index (χ1n) is 9.00. The van der Waals surface area contributed by atoms with Crippen molar-refractivity contribution in [1.29, 1.82) is 0 Å². The Kier molecular flexibility index (Phi) is 3.59. The first-order chi connectivity index (χ1) is 12.7. The summed E-state index contributed by atoms with van der Waals surface area (Å²) in [6.07, 6.45) is 6.24. The molecule has 0 radical (unpaired) electrons. The third-order valence-corrected chi connectivity index (χ3v) is 5.44. The van der Waals surface area contributed by atoms with Crippen LogP contribution < -0.4 is 4.90 Å². The van der Waals surface area contributed by atoms with Crippen molar-refractivity contribution in [1.82, 2.24) is 29.4 Å². The molecule has 3 fully saturated rings. The van der Waals surface area contributed by atoms with Gasteiger partial charge in [0.15, 0.2) is 17.0 Å². The SMILES string of the molecule is CCn1cnc2c(N3C4CC3CN(Cc3ncccc3F)C4)ncnc21. The molecule has 134 valence electrons. The van der Waals surface area contributed by atoms with Crippen molar-refractivity contribution in [3.63, 3.8) is 0 Å². The van der Waals surface area contributed by atoms with Gasteiger partial charge in [-0.1, -0.05) is 0 Å². The molecule has 2 atom stereocenters. The van der Waals surface area contributed by atoms with Gasteiger partial charge in [0, 0.05) is 44.5 Å². The predicted octanol–water partition coefficient (Wildman–Crippen LogP) is 1.84. The van der Waals surface area contributed by atoms with Gasteiger partial charge in [0.1, 0.15) is 12.1 Å². The highest BCUT2D eigenvalue weighted by molar-refractivity contribution is 5.84. The van der Waals surface area contributed by atoms with Gasteiger partial charge in [-0.05, 0) is 25.5 Å². The number of aryl methyl sites for hydroxylation is 1. The van der Waals surface area contributed by atoms with Crippen molar-refractivity contribution < 1.29 is 4.39 Å². The number of piperazine rings is 1. The summed E-state index contributed by atoms with van der Waals surface area (Å²) < 4.78 is 15.9. The highest BCUT2D eigenvalue weighted by atomic mass is 19.1. The minimum atomic E-state index is -0.230. The van der Waals surface area contributed by atoms with E-state index >= 15 is 0 Å². The summed E-state index contributed by atoms with van der Waals surface area (Å²) in [4.78, 5) is 22.3.